The summed E-state index contributed by atoms with van der Waals surface area (Å²) >= 11 is 0. The Morgan fingerprint density at radius 1 is 0.964 bits per heavy atom. The molecule has 28 heavy (non-hydrogen) atoms. The van der Waals surface area contributed by atoms with E-state index in [9.17, 15) is 0 Å². The molecule has 6 nitrogen and oxygen atoms in total. The first-order valence-corrected chi connectivity index (χ1v) is 9.87. The van der Waals surface area contributed by atoms with E-state index in [4.69, 9.17) is 14.7 Å². The molecule has 2 heterocycles. The van der Waals surface area contributed by atoms with Crippen molar-refractivity contribution in [2.75, 3.05) is 13.7 Å². The molecule has 0 saturated heterocycles. The van der Waals surface area contributed by atoms with Gasteiger partial charge in [-0.15, -0.1) is 0 Å². The van der Waals surface area contributed by atoms with E-state index >= 15 is 0 Å². The lowest BCUT2D eigenvalue weighted by Gasteiger charge is -2.15. The number of aryl methyl sites for hydroxylation is 3. The van der Waals surface area contributed by atoms with Gasteiger partial charge in [0.2, 0.25) is 0 Å². The first kappa shape index (κ1) is 20.0. The Bertz CT molecular complexity index is 861. The third-order valence-corrected chi connectivity index (χ3v) is 4.82. The maximum atomic E-state index is 5.51. The zero-order valence-electron chi connectivity index (χ0n) is 16.9. The second kappa shape index (κ2) is 9.97. The van der Waals surface area contributed by atoms with Gasteiger partial charge in [0, 0.05) is 11.4 Å². The average Bonchev–Trinajstić information content (AvgIpc) is 2.73. The van der Waals surface area contributed by atoms with Crippen LogP contribution < -0.4 is 0 Å². The standard InChI is InChI=1S/C22H28N4O2/c1-16(25-27-3)20-12-6-9-19(23-20)10-7-15-28-26-17(2)21-14-13-18-8-4-5-11-22(18)24-21/h6,9,12-14H,4-5,7-8,10-11,15H2,1-3H3/b25-16+,26-17+. The van der Waals surface area contributed by atoms with Crippen LogP contribution in [0.25, 0.3) is 0 Å². The van der Waals surface area contributed by atoms with Crippen molar-refractivity contribution in [1.29, 1.82) is 0 Å². The molecule has 0 radical (unpaired) electrons. The highest BCUT2D eigenvalue weighted by atomic mass is 16.6. The molecular formula is C22H28N4O2. The van der Waals surface area contributed by atoms with E-state index in [1.54, 1.807) is 0 Å². The van der Waals surface area contributed by atoms with Gasteiger partial charge in [0.05, 0.1) is 11.4 Å². The normalized spacial score (nSPS) is 14.5. The fourth-order valence-corrected chi connectivity index (χ4v) is 3.29. The predicted molar refractivity (Wildman–Crippen MR) is 111 cm³/mol. The summed E-state index contributed by atoms with van der Waals surface area (Å²) in [7, 11) is 1.53. The molecule has 0 saturated carbocycles. The Kier molecular flexibility index (Phi) is 7.12. The van der Waals surface area contributed by atoms with E-state index in [1.165, 1.54) is 31.2 Å². The number of hydrogen-bond donors (Lipinski definition) is 0. The smallest absolute Gasteiger partial charge is 0.117 e. The van der Waals surface area contributed by atoms with Crippen LogP contribution in [-0.4, -0.2) is 35.1 Å². The van der Waals surface area contributed by atoms with Gasteiger partial charge in [0.25, 0.3) is 0 Å². The fourth-order valence-electron chi connectivity index (χ4n) is 3.29. The molecule has 0 spiro atoms. The van der Waals surface area contributed by atoms with Crippen LogP contribution in [-0.2, 0) is 28.9 Å². The van der Waals surface area contributed by atoms with Crippen LogP contribution in [0.2, 0.25) is 0 Å². The highest BCUT2D eigenvalue weighted by molar-refractivity contribution is 5.97. The lowest BCUT2D eigenvalue weighted by Crippen LogP contribution is -2.09. The van der Waals surface area contributed by atoms with E-state index < -0.39 is 0 Å². The fraction of sp³-hybridized carbons (Fsp3) is 0.455. The largest absolute Gasteiger partial charge is 0.399 e. The summed E-state index contributed by atoms with van der Waals surface area (Å²) < 4.78 is 0. The summed E-state index contributed by atoms with van der Waals surface area (Å²) in [4.78, 5) is 19.7. The maximum absolute atomic E-state index is 5.51. The number of fused-ring (bicyclic) bond motifs is 1. The Labute approximate surface area is 166 Å². The van der Waals surface area contributed by atoms with Crippen molar-refractivity contribution in [3.63, 3.8) is 0 Å². The quantitative estimate of drug-likeness (QED) is 0.393. The molecule has 0 unspecified atom stereocenters. The van der Waals surface area contributed by atoms with E-state index in [2.05, 4.69) is 21.4 Å². The van der Waals surface area contributed by atoms with Gasteiger partial charge in [0.1, 0.15) is 25.1 Å². The SMILES string of the molecule is CO/N=C(\C)c1cccc(CCCO/N=C(\C)c2ccc3c(n2)CCCC3)n1. The van der Waals surface area contributed by atoms with Crippen molar-refractivity contribution < 1.29 is 9.68 Å². The molecule has 0 aliphatic heterocycles. The Balaban J connectivity index is 1.49. The maximum Gasteiger partial charge on any atom is 0.117 e. The number of aromatic nitrogens is 2. The van der Waals surface area contributed by atoms with Gasteiger partial charge >= 0.3 is 0 Å². The van der Waals surface area contributed by atoms with Crippen molar-refractivity contribution >= 4 is 11.4 Å². The lowest BCUT2D eigenvalue weighted by molar-refractivity contribution is 0.141. The van der Waals surface area contributed by atoms with Crippen molar-refractivity contribution in [3.05, 3.63) is 58.7 Å². The molecule has 0 N–H and O–H groups in total. The molecule has 0 aromatic carbocycles. The summed E-state index contributed by atoms with van der Waals surface area (Å²) in [6.45, 7) is 4.37. The van der Waals surface area contributed by atoms with Crippen LogP contribution in [0, 0.1) is 0 Å². The summed E-state index contributed by atoms with van der Waals surface area (Å²) in [5.74, 6) is 0. The summed E-state index contributed by atoms with van der Waals surface area (Å²) in [5, 5.41) is 8.17. The zero-order chi connectivity index (χ0) is 19.8. The molecule has 0 bridgehead atoms. The minimum atomic E-state index is 0.541. The van der Waals surface area contributed by atoms with Gasteiger partial charge in [-0.05, 0) is 76.1 Å². The molecule has 6 heteroatoms. The van der Waals surface area contributed by atoms with Gasteiger partial charge in [0.15, 0.2) is 0 Å². The number of pyridine rings is 2. The van der Waals surface area contributed by atoms with E-state index in [-0.39, 0.29) is 0 Å². The second-order valence-corrected chi connectivity index (χ2v) is 7.00. The third kappa shape index (κ3) is 5.38. The van der Waals surface area contributed by atoms with Crippen molar-refractivity contribution in [3.8, 4) is 0 Å². The summed E-state index contributed by atoms with van der Waals surface area (Å²) in [6, 6.07) is 10.2. The van der Waals surface area contributed by atoms with Crippen LogP contribution in [0.3, 0.4) is 0 Å². The molecule has 2 aromatic rings. The second-order valence-electron chi connectivity index (χ2n) is 7.00. The molecule has 0 amide bonds. The first-order chi connectivity index (χ1) is 13.7. The van der Waals surface area contributed by atoms with E-state index in [0.29, 0.717) is 6.61 Å². The molecule has 1 aliphatic rings. The minimum Gasteiger partial charge on any atom is -0.399 e. The van der Waals surface area contributed by atoms with Crippen LogP contribution in [0.1, 0.15) is 61.4 Å². The van der Waals surface area contributed by atoms with Crippen LogP contribution in [0.15, 0.2) is 40.6 Å². The van der Waals surface area contributed by atoms with Crippen molar-refractivity contribution in [2.24, 2.45) is 10.3 Å². The van der Waals surface area contributed by atoms with Crippen LogP contribution >= 0.6 is 0 Å². The molecular weight excluding hydrogens is 352 g/mol. The highest BCUT2D eigenvalue weighted by Gasteiger charge is 2.12. The molecule has 3 rings (SSSR count). The molecule has 0 fully saturated rings. The van der Waals surface area contributed by atoms with Crippen LogP contribution in [0.5, 0.6) is 0 Å². The van der Waals surface area contributed by atoms with Crippen molar-refractivity contribution in [2.45, 2.75) is 52.4 Å². The van der Waals surface area contributed by atoms with Crippen LogP contribution in [0.4, 0.5) is 0 Å². The monoisotopic (exact) mass is 380 g/mol. The van der Waals surface area contributed by atoms with E-state index in [1.807, 2.05) is 38.1 Å². The minimum absolute atomic E-state index is 0.541. The zero-order valence-corrected chi connectivity index (χ0v) is 16.9. The molecule has 148 valence electrons. The summed E-state index contributed by atoms with van der Waals surface area (Å²) in [6.07, 6.45) is 6.35. The summed E-state index contributed by atoms with van der Waals surface area (Å²) in [5.41, 5.74) is 6.92. The predicted octanol–water partition coefficient (Wildman–Crippen LogP) is 4.10. The topological polar surface area (TPSA) is 69.0 Å². The Morgan fingerprint density at radius 2 is 1.75 bits per heavy atom. The number of rotatable bonds is 8. The molecule has 0 atom stereocenters. The third-order valence-electron chi connectivity index (χ3n) is 4.82. The number of nitrogens with zero attached hydrogens (tertiary/aromatic N) is 4. The molecule has 1 aliphatic carbocycles. The van der Waals surface area contributed by atoms with Crippen molar-refractivity contribution in [1.82, 2.24) is 9.97 Å². The van der Waals surface area contributed by atoms with E-state index in [0.717, 1.165) is 54.2 Å². The molecule has 2 aromatic heterocycles. The van der Waals surface area contributed by atoms with Gasteiger partial charge in [-0.1, -0.05) is 22.4 Å². The Morgan fingerprint density at radius 3 is 2.61 bits per heavy atom. The van der Waals surface area contributed by atoms with Gasteiger partial charge in [-0.25, -0.2) is 0 Å². The average molecular weight is 380 g/mol. The Hall–Kier alpha value is -2.76. The first-order valence-electron chi connectivity index (χ1n) is 9.87. The van der Waals surface area contributed by atoms with Gasteiger partial charge in [-0.2, -0.15) is 0 Å². The lowest BCUT2D eigenvalue weighted by atomic mass is 9.95. The highest BCUT2D eigenvalue weighted by Crippen LogP contribution is 2.19. The van der Waals surface area contributed by atoms with Gasteiger partial charge in [-0.3, -0.25) is 9.97 Å². The van der Waals surface area contributed by atoms with Gasteiger partial charge < -0.3 is 9.68 Å². The number of hydrogen-bond acceptors (Lipinski definition) is 6. The number of oxime groups is 2.